The molecule has 0 radical (unpaired) electrons. The maximum Gasteiger partial charge on any atom is 0.250 e. The summed E-state index contributed by atoms with van der Waals surface area (Å²) in [4.78, 5) is 0. The summed E-state index contributed by atoms with van der Waals surface area (Å²) in [5.41, 5.74) is 0. The lowest BCUT2D eigenvalue weighted by Gasteiger charge is -2.02. The number of nitrogens with one attached hydrogen (secondary N) is 1. The SMILES string of the molecule is Cn1nnnc1CNS(=O)(=O)c1cccs1. The van der Waals surface area contributed by atoms with Crippen LogP contribution in [0.4, 0.5) is 0 Å². The summed E-state index contributed by atoms with van der Waals surface area (Å²) in [5, 5.41) is 12.4. The topological polar surface area (TPSA) is 89.8 Å². The zero-order valence-corrected chi connectivity index (χ0v) is 9.99. The van der Waals surface area contributed by atoms with Gasteiger partial charge in [0.2, 0.25) is 10.0 Å². The minimum atomic E-state index is -3.45. The van der Waals surface area contributed by atoms with Gasteiger partial charge >= 0.3 is 0 Å². The summed E-state index contributed by atoms with van der Waals surface area (Å²) in [5.74, 6) is 0.458. The van der Waals surface area contributed by atoms with Crippen molar-refractivity contribution in [2.75, 3.05) is 0 Å². The van der Waals surface area contributed by atoms with Gasteiger partial charge in [-0.25, -0.2) is 17.8 Å². The quantitative estimate of drug-likeness (QED) is 0.817. The predicted octanol–water partition coefficient (Wildman–Crippen LogP) is -0.250. The van der Waals surface area contributed by atoms with Crippen LogP contribution >= 0.6 is 11.3 Å². The maximum atomic E-state index is 11.7. The third-order valence-corrected chi connectivity index (χ3v) is 4.69. The molecule has 0 unspecified atom stereocenters. The molecule has 86 valence electrons. The van der Waals surface area contributed by atoms with Gasteiger partial charge in [-0.15, -0.1) is 16.4 Å². The molecule has 0 aliphatic heterocycles. The van der Waals surface area contributed by atoms with Crippen LogP contribution in [0, 0.1) is 0 Å². The van der Waals surface area contributed by atoms with Gasteiger partial charge in [0.15, 0.2) is 5.82 Å². The van der Waals surface area contributed by atoms with Gasteiger partial charge in [0.25, 0.3) is 0 Å². The van der Waals surface area contributed by atoms with Gasteiger partial charge in [0, 0.05) is 7.05 Å². The maximum absolute atomic E-state index is 11.7. The van der Waals surface area contributed by atoms with E-state index < -0.39 is 10.0 Å². The summed E-state index contributed by atoms with van der Waals surface area (Å²) in [6.07, 6.45) is 0. The number of rotatable bonds is 4. The Morgan fingerprint density at radius 1 is 1.56 bits per heavy atom. The van der Waals surface area contributed by atoms with Crippen molar-refractivity contribution in [3.63, 3.8) is 0 Å². The van der Waals surface area contributed by atoms with E-state index in [2.05, 4.69) is 20.2 Å². The highest BCUT2D eigenvalue weighted by molar-refractivity contribution is 7.91. The fraction of sp³-hybridized carbons (Fsp3) is 0.286. The Morgan fingerprint density at radius 2 is 2.38 bits per heavy atom. The number of nitrogens with zero attached hydrogens (tertiary/aromatic N) is 4. The van der Waals surface area contributed by atoms with Crippen LogP contribution in [-0.4, -0.2) is 28.6 Å². The fourth-order valence-corrected chi connectivity index (χ4v) is 3.06. The van der Waals surface area contributed by atoms with Gasteiger partial charge in [0.05, 0.1) is 6.54 Å². The Balaban J connectivity index is 2.09. The molecule has 0 saturated carbocycles. The molecule has 0 aromatic carbocycles. The van der Waals surface area contributed by atoms with Crippen LogP contribution in [-0.2, 0) is 23.6 Å². The smallest absolute Gasteiger partial charge is 0.231 e. The second kappa shape index (κ2) is 4.28. The zero-order valence-electron chi connectivity index (χ0n) is 8.36. The summed E-state index contributed by atoms with van der Waals surface area (Å²) in [6.45, 7) is 0.0731. The standard InChI is InChI=1S/C7H9N5O2S2/c1-12-6(9-10-11-12)5-8-16(13,14)7-3-2-4-15-7/h2-4,8H,5H2,1H3. The summed E-state index contributed by atoms with van der Waals surface area (Å²) in [7, 11) is -1.80. The van der Waals surface area contributed by atoms with Crippen LogP contribution in [0.25, 0.3) is 0 Å². The number of thiophene rings is 1. The Morgan fingerprint density at radius 3 is 2.94 bits per heavy atom. The van der Waals surface area contributed by atoms with E-state index in [1.807, 2.05) is 0 Å². The number of aromatic nitrogens is 4. The van der Waals surface area contributed by atoms with Crippen molar-refractivity contribution in [3.8, 4) is 0 Å². The van der Waals surface area contributed by atoms with Crippen LogP contribution in [0.3, 0.4) is 0 Å². The van der Waals surface area contributed by atoms with Crippen molar-refractivity contribution >= 4 is 21.4 Å². The van der Waals surface area contributed by atoms with Crippen LogP contribution in [0.2, 0.25) is 0 Å². The summed E-state index contributed by atoms with van der Waals surface area (Å²) >= 11 is 1.16. The molecule has 2 rings (SSSR count). The molecule has 0 bridgehead atoms. The highest BCUT2D eigenvalue weighted by Crippen LogP contribution is 2.15. The van der Waals surface area contributed by atoms with Crippen molar-refractivity contribution < 1.29 is 8.42 Å². The molecule has 0 aliphatic rings. The average Bonchev–Trinajstić information content (AvgIpc) is 2.85. The van der Waals surface area contributed by atoms with Gasteiger partial charge in [-0.3, -0.25) is 0 Å². The van der Waals surface area contributed by atoms with E-state index >= 15 is 0 Å². The Hall–Kier alpha value is -1.32. The predicted molar refractivity (Wildman–Crippen MR) is 57.1 cm³/mol. The average molecular weight is 259 g/mol. The van der Waals surface area contributed by atoms with E-state index in [1.165, 1.54) is 4.68 Å². The van der Waals surface area contributed by atoms with E-state index in [0.29, 0.717) is 5.82 Å². The first-order valence-corrected chi connectivity index (χ1v) is 6.70. The molecule has 2 aromatic heterocycles. The third kappa shape index (κ3) is 2.26. The van der Waals surface area contributed by atoms with Crippen LogP contribution in [0.1, 0.15) is 5.82 Å². The van der Waals surface area contributed by atoms with E-state index in [-0.39, 0.29) is 10.8 Å². The second-order valence-electron chi connectivity index (χ2n) is 2.98. The lowest BCUT2D eigenvalue weighted by Crippen LogP contribution is -2.24. The molecule has 7 nitrogen and oxygen atoms in total. The molecule has 9 heteroatoms. The molecule has 16 heavy (non-hydrogen) atoms. The largest absolute Gasteiger partial charge is 0.250 e. The summed E-state index contributed by atoms with van der Waals surface area (Å²) in [6, 6.07) is 3.23. The highest BCUT2D eigenvalue weighted by atomic mass is 32.2. The second-order valence-corrected chi connectivity index (χ2v) is 5.92. The molecular weight excluding hydrogens is 250 g/mol. The highest BCUT2D eigenvalue weighted by Gasteiger charge is 2.15. The van der Waals surface area contributed by atoms with E-state index in [4.69, 9.17) is 0 Å². The van der Waals surface area contributed by atoms with E-state index in [9.17, 15) is 8.42 Å². The van der Waals surface area contributed by atoms with E-state index in [1.54, 1.807) is 24.6 Å². The van der Waals surface area contributed by atoms with E-state index in [0.717, 1.165) is 11.3 Å². The van der Waals surface area contributed by atoms with Gasteiger partial charge in [-0.1, -0.05) is 6.07 Å². The number of hydrogen-bond donors (Lipinski definition) is 1. The number of hydrogen-bond acceptors (Lipinski definition) is 6. The number of sulfonamides is 1. The van der Waals surface area contributed by atoms with Crippen molar-refractivity contribution in [2.45, 2.75) is 10.8 Å². The third-order valence-electron chi connectivity index (χ3n) is 1.89. The minimum Gasteiger partial charge on any atom is -0.231 e. The molecule has 0 aliphatic carbocycles. The Labute approximate surface area is 96.2 Å². The lowest BCUT2D eigenvalue weighted by atomic mass is 10.6. The fourth-order valence-electron chi connectivity index (χ4n) is 1.04. The summed E-state index contributed by atoms with van der Waals surface area (Å²) < 4.78 is 27.6. The minimum absolute atomic E-state index is 0.0731. The normalized spacial score (nSPS) is 11.8. The number of aryl methyl sites for hydroxylation is 1. The van der Waals surface area contributed by atoms with Crippen molar-refractivity contribution in [1.82, 2.24) is 24.9 Å². The first-order chi connectivity index (χ1) is 7.59. The van der Waals surface area contributed by atoms with Gasteiger partial charge in [-0.05, 0) is 21.9 Å². The molecular formula is C7H9N5O2S2. The molecule has 0 amide bonds. The lowest BCUT2D eigenvalue weighted by molar-refractivity contribution is 0.577. The van der Waals surface area contributed by atoms with Crippen LogP contribution in [0.15, 0.2) is 21.7 Å². The molecule has 0 fully saturated rings. The molecule has 0 atom stereocenters. The molecule has 2 heterocycles. The molecule has 0 saturated heterocycles. The zero-order chi connectivity index (χ0) is 11.6. The Bertz CT molecular complexity index is 559. The van der Waals surface area contributed by atoms with Gasteiger partial charge in [0.1, 0.15) is 4.21 Å². The molecule has 1 N–H and O–H groups in total. The van der Waals surface area contributed by atoms with Gasteiger partial charge in [-0.2, -0.15) is 0 Å². The monoisotopic (exact) mass is 259 g/mol. The Kier molecular flexibility index (Phi) is 2.99. The van der Waals surface area contributed by atoms with Crippen molar-refractivity contribution in [2.24, 2.45) is 7.05 Å². The first kappa shape index (κ1) is 11.2. The first-order valence-electron chi connectivity index (χ1n) is 4.34. The number of tetrazole rings is 1. The van der Waals surface area contributed by atoms with Crippen molar-refractivity contribution in [1.29, 1.82) is 0 Å². The van der Waals surface area contributed by atoms with Gasteiger partial charge < -0.3 is 0 Å². The molecule has 0 spiro atoms. The van der Waals surface area contributed by atoms with Crippen LogP contribution < -0.4 is 4.72 Å². The molecule has 2 aromatic rings. The van der Waals surface area contributed by atoms with Crippen molar-refractivity contribution in [3.05, 3.63) is 23.3 Å². The van der Waals surface area contributed by atoms with Crippen LogP contribution in [0.5, 0.6) is 0 Å².